The third-order valence-corrected chi connectivity index (χ3v) is 5.03. The van der Waals surface area contributed by atoms with Crippen molar-refractivity contribution in [2.75, 3.05) is 13.1 Å². The molecule has 1 aliphatic rings. The summed E-state index contributed by atoms with van der Waals surface area (Å²) in [5.41, 5.74) is 2.20. The number of rotatable bonds is 6. The molecule has 0 saturated carbocycles. The Morgan fingerprint density at radius 2 is 1.37 bits per heavy atom. The van der Waals surface area contributed by atoms with Gasteiger partial charge in [-0.2, -0.15) is 0 Å². The molecule has 3 rings (SSSR count). The first-order valence-corrected chi connectivity index (χ1v) is 9.86. The van der Waals surface area contributed by atoms with E-state index in [0.717, 1.165) is 36.8 Å². The van der Waals surface area contributed by atoms with E-state index in [4.69, 9.17) is 0 Å². The molecule has 1 aliphatic heterocycles. The monoisotopic (exact) mass is 364 g/mol. The van der Waals surface area contributed by atoms with Crippen LogP contribution in [0.2, 0.25) is 0 Å². The second-order valence-corrected chi connectivity index (χ2v) is 7.20. The lowest BCUT2D eigenvalue weighted by molar-refractivity contribution is -0.141. The molecule has 4 nitrogen and oxygen atoms in total. The first-order valence-electron chi connectivity index (χ1n) is 9.86. The fourth-order valence-corrected chi connectivity index (χ4v) is 3.49. The highest BCUT2D eigenvalue weighted by Crippen LogP contribution is 2.14. The molecule has 0 atom stereocenters. The molecule has 0 bridgehead atoms. The van der Waals surface area contributed by atoms with Crippen LogP contribution in [-0.4, -0.2) is 34.7 Å². The van der Waals surface area contributed by atoms with Crippen LogP contribution in [0.5, 0.6) is 0 Å². The van der Waals surface area contributed by atoms with Gasteiger partial charge < -0.3 is 9.80 Å². The highest BCUT2D eigenvalue weighted by Gasteiger charge is 2.22. The molecule has 0 N–H and O–H groups in total. The quantitative estimate of drug-likeness (QED) is 0.777. The first-order chi connectivity index (χ1) is 13.2. The van der Waals surface area contributed by atoms with Crippen molar-refractivity contribution in [2.45, 2.75) is 45.2 Å². The average molecular weight is 364 g/mol. The van der Waals surface area contributed by atoms with Crippen LogP contribution >= 0.6 is 0 Å². The van der Waals surface area contributed by atoms with E-state index in [1.165, 1.54) is 0 Å². The lowest BCUT2D eigenvalue weighted by Gasteiger charge is -2.29. The van der Waals surface area contributed by atoms with Crippen molar-refractivity contribution in [3.8, 4) is 0 Å². The van der Waals surface area contributed by atoms with E-state index in [2.05, 4.69) is 0 Å². The minimum Gasteiger partial charge on any atom is -0.333 e. The van der Waals surface area contributed by atoms with Crippen molar-refractivity contribution < 1.29 is 9.59 Å². The van der Waals surface area contributed by atoms with E-state index >= 15 is 0 Å². The number of nitrogens with zero attached hydrogens (tertiary/aromatic N) is 2. The smallest absolute Gasteiger partial charge is 0.242 e. The third-order valence-electron chi connectivity index (χ3n) is 5.03. The molecule has 1 saturated heterocycles. The average Bonchev–Trinajstić information content (AvgIpc) is 2.69. The highest BCUT2D eigenvalue weighted by molar-refractivity contribution is 5.85. The Labute approximate surface area is 161 Å². The Morgan fingerprint density at radius 3 is 1.96 bits per heavy atom. The predicted molar refractivity (Wildman–Crippen MR) is 107 cm³/mol. The number of hydrogen-bond acceptors (Lipinski definition) is 2. The van der Waals surface area contributed by atoms with Gasteiger partial charge in [-0.05, 0) is 24.0 Å². The van der Waals surface area contributed by atoms with Crippen LogP contribution in [0.4, 0.5) is 0 Å². The molecule has 27 heavy (non-hydrogen) atoms. The van der Waals surface area contributed by atoms with E-state index in [-0.39, 0.29) is 18.4 Å². The maximum atomic E-state index is 13.1. The molecule has 2 aromatic rings. The van der Waals surface area contributed by atoms with Crippen LogP contribution in [0.3, 0.4) is 0 Å². The molecule has 142 valence electrons. The number of carbonyl (C=O) groups is 2. The Morgan fingerprint density at radius 1 is 0.815 bits per heavy atom. The lowest BCUT2D eigenvalue weighted by atomic mass is 10.1. The molecular formula is C23H28N2O2. The summed E-state index contributed by atoms with van der Waals surface area (Å²) in [5.74, 6) is 0.124. The summed E-state index contributed by atoms with van der Waals surface area (Å²) in [6.45, 7) is 1.97. The minimum absolute atomic E-state index is 0.0108. The van der Waals surface area contributed by atoms with Crippen LogP contribution in [0.25, 0.3) is 0 Å². The Hall–Kier alpha value is -2.62. The van der Waals surface area contributed by atoms with Gasteiger partial charge in [0.05, 0.1) is 6.54 Å². The van der Waals surface area contributed by atoms with Crippen molar-refractivity contribution in [1.82, 2.24) is 9.80 Å². The summed E-state index contributed by atoms with van der Waals surface area (Å²) in [7, 11) is 0. The number of benzene rings is 2. The Balaban J connectivity index is 1.71. The number of likely N-dealkylation sites (tertiary alicyclic amines) is 1. The van der Waals surface area contributed by atoms with E-state index in [0.29, 0.717) is 26.1 Å². The molecule has 2 aromatic carbocycles. The summed E-state index contributed by atoms with van der Waals surface area (Å²) < 4.78 is 0. The zero-order valence-corrected chi connectivity index (χ0v) is 15.8. The number of amides is 2. The molecule has 0 unspecified atom stereocenters. The van der Waals surface area contributed by atoms with Crippen molar-refractivity contribution >= 4 is 11.8 Å². The third kappa shape index (κ3) is 5.95. The van der Waals surface area contributed by atoms with Crippen LogP contribution < -0.4 is 0 Å². The molecular weight excluding hydrogens is 336 g/mol. The second kappa shape index (κ2) is 9.91. The summed E-state index contributed by atoms with van der Waals surface area (Å²) in [4.78, 5) is 29.1. The predicted octanol–water partition coefficient (Wildman–Crippen LogP) is 4.01. The van der Waals surface area contributed by atoms with E-state index in [9.17, 15) is 9.59 Å². The standard InChI is InChI=1S/C23H28N2O2/c26-22-15-9-1-2-10-16-24(22)19-23(27)25(17-20-11-5-3-6-12-20)18-21-13-7-4-8-14-21/h3-8,11-14H,1-2,9-10,15-19H2. The van der Waals surface area contributed by atoms with Crippen LogP contribution in [-0.2, 0) is 22.7 Å². The van der Waals surface area contributed by atoms with Gasteiger partial charge in [0.2, 0.25) is 11.8 Å². The largest absolute Gasteiger partial charge is 0.333 e. The van der Waals surface area contributed by atoms with Crippen molar-refractivity contribution in [2.24, 2.45) is 0 Å². The van der Waals surface area contributed by atoms with Gasteiger partial charge >= 0.3 is 0 Å². The van der Waals surface area contributed by atoms with Crippen molar-refractivity contribution in [3.63, 3.8) is 0 Å². The number of hydrogen-bond donors (Lipinski definition) is 0. The summed E-state index contributed by atoms with van der Waals surface area (Å²) in [6, 6.07) is 20.0. The molecule has 0 spiro atoms. The maximum absolute atomic E-state index is 13.1. The van der Waals surface area contributed by atoms with Gasteiger partial charge in [0.15, 0.2) is 0 Å². The van der Waals surface area contributed by atoms with Crippen LogP contribution in [0.15, 0.2) is 60.7 Å². The normalized spacial score (nSPS) is 15.1. The molecule has 4 heteroatoms. The molecule has 0 aromatic heterocycles. The van der Waals surface area contributed by atoms with Crippen molar-refractivity contribution in [3.05, 3.63) is 71.8 Å². The fraction of sp³-hybridized carbons (Fsp3) is 0.391. The SMILES string of the molecule is O=C1CCCCCCN1CC(=O)N(Cc1ccccc1)Cc1ccccc1. The Bertz CT molecular complexity index is 689. The number of carbonyl (C=O) groups excluding carboxylic acids is 2. The van der Waals surface area contributed by atoms with E-state index in [1.54, 1.807) is 4.90 Å². The second-order valence-electron chi connectivity index (χ2n) is 7.20. The molecule has 2 amide bonds. The minimum atomic E-state index is 0.0108. The van der Waals surface area contributed by atoms with Gasteiger partial charge in [-0.3, -0.25) is 9.59 Å². The van der Waals surface area contributed by atoms with Crippen LogP contribution in [0.1, 0.15) is 43.2 Å². The summed E-state index contributed by atoms with van der Waals surface area (Å²) >= 11 is 0. The zero-order chi connectivity index (χ0) is 18.9. The zero-order valence-electron chi connectivity index (χ0n) is 15.8. The lowest BCUT2D eigenvalue weighted by Crippen LogP contribution is -2.43. The summed E-state index contributed by atoms with van der Waals surface area (Å²) in [6.07, 6.45) is 4.72. The van der Waals surface area contributed by atoms with Gasteiger partial charge in [0.1, 0.15) is 0 Å². The maximum Gasteiger partial charge on any atom is 0.242 e. The highest BCUT2D eigenvalue weighted by atomic mass is 16.2. The Kier molecular flexibility index (Phi) is 7.03. The van der Waals surface area contributed by atoms with E-state index < -0.39 is 0 Å². The van der Waals surface area contributed by atoms with Gasteiger partial charge in [-0.15, -0.1) is 0 Å². The van der Waals surface area contributed by atoms with Gasteiger partial charge in [-0.25, -0.2) is 0 Å². The fourth-order valence-electron chi connectivity index (χ4n) is 3.49. The van der Waals surface area contributed by atoms with Crippen LogP contribution in [0, 0.1) is 0 Å². The van der Waals surface area contributed by atoms with Gasteiger partial charge in [0.25, 0.3) is 0 Å². The van der Waals surface area contributed by atoms with Gasteiger partial charge in [0, 0.05) is 26.1 Å². The first kappa shape index (κ1) is 19.2. The molecule has 1 heterocycles. The van der Waals surface area contributed by atoms with Gasteiger partial charge in [-0.1, -0.05) is 73.5 Å². The summed E-state index contributed by atoms with van der Waals surface area (Å²) in [5, 5.41) is 0. The topological polar surface area (TPSA) is 40.6 Å². The van der Waals surface area contributed by atoms with E-state index in [1.807, 2.05) is 65.6 Å². The molecule has 0 radical (unpaired) electrons. The molecule has 0 aliphatic carbocycles. The molecule has 1 fully saturated rings. The van der Waals surface area contributed by atoms with Crippen molar-refractivity contribution in [1.29, 1.82) is 0 Å².